The molecule has 1 nitrogen and oxygen atoms in total. The number of ether oxygens (including phenoxy) is 1. The standard InChI is InChI=1S/C46H26OS.7C2H6.3Y/c1-3-13-27(14-4-1)41-29-17-7-9-19-31(29)43-35-25-36-40(26-38(35)47-37-23-11-21-33(41)45(37)43)48-39-24-12-22-34-42(28-15-5-2-6-16-28)30-18-8-10-20-32(30)44(36)46(34)39;7*1-2;;;/h1-13,15,17-20,23-26,41-44H;7*1-2H3;;;/q-4;;;;;;;;;;. The third kappa shape index (κ3) is 12.1. The van der Waals surface area contributed by atoms with Crippen LogP contribution < -0.4 is 4.74 Å². The van der Waals surface area contributed by atoms with Gasteiger partial charge in [0.25, 0.3) is 0 Å². The summed E-state index contributed by atoms with van der Waals surface area (Å²) in [6, 6.07) is 62.5. The predicted octanol–water partition coefficient (Wildman–Crippen LogP) is 18.0. The molecule has 0 saturated carbocycles. The van der Waals surface area contributed by atoms with Crippen molar-refractivity contribution in [3.8, 4) is 11.5 Å². The molecule has 0 spiro atoms. The summed E-state index contributed by atoms with van der Waals surface area (Å²) in [6.45, 7) is 28.0. The predicted molar refractivity (Wildman–Crippen MR) is 268 cm³/mol. The summed E-state index contributed by atoms with van der Waals surface area (Å²) >= 11 is 1.86. The van der Waals surface area contributed by atoms with Crippen molar-refractivity contribution in [2.75, 3.05) is 0 Å². The van der Waals surface area contributed by atoms with E-state index in [0.717, 1.165) is 17.1 Å². The van der Waals surface area contributed by atoms with Crippen LogP contribution in [0.1, 0.15) is 187 Å². The number of hydrogen-bond donors (Lipinski definition) is 0. The van der Waals surface area contributed by atoms with Crippen molar-refractivity contribution in [1.82, 2.24) is 0 Å². The molecule has 0 aromatic heterocycles. The van der Waals surface area contributed by atoms with Gasteiger partial charge in [-0.25, -0.2) is 0 Å². The molecular formula is C60H68OSY3-4. The Morgan fingerprint density at radius 2 is 0.769 bits per heavy atom. The van der Waals surface area contributed by atoms with Gasteiger partial charge in [-0.3, -0.25) is 0 Å². The monoisotopic (exact) mass is 1100 g/mol. The molecule has 333 valence electrons. The van der Waals surface area contributed by atoms with Crippen LogP contribution in [-0.4, -0.2) is 0 Å². The summed E-state index contributed by atoms with van der Waals surface area (Å²) in [4.78, 5) is 2.56. The first-order valence-electron chi connectivity index (χ1n) is 23.6. The van der Waals surface area contributed by atoms with Crippen LogP contribution in [0.25, 0.3) is 0 Å². The minimum Gasteiger partial charge on any atom is -0.482 e. The van der Waals surface area contributed by atoms with Gasteiger partial charge in [-0.15, -0.1) is 34.5 Å². The smallest absolute Gasteiger partial charge is 0.128 e. The first-order valence-corrected chi connectivity index (χ1v) is 24.4. The molecule has 2 heterocycles. The summed E-state index contributed by atoms with van der Waals surface area (Å²) in [7, 11) is 0. The van der Waals surface area contributed by atoms with E-state index in [1.165, 1.54) is 71.0 Å². The van der Waals surface area contributed by atoms with Gasteiger partial charge in [-0.05, 0) is 63.1 Å². The molecule has 0 amide bonds. The Labute approximate surface area is 475 Å². The van der Waals surface area contributed by atoms with Crippen molar-refractivity contribution >= 4 is 11.8 Å². The maximum Gasteiger partial charge on any atom is 0.128 e. The molecule has 0 N–H and O–H groups in total. The van der Waals surface area contributed by atoms with E-state index in [4.69, 9.17) is 4.74 Å². The van der Waals surface area contributed by atoms with Crippen LogP contribution in [0.2, 0.25) is 0 Å². The fraction of sp³-hybridized carbons (Fsp3) is 0.300. The zero-order valence-corrected chi connectivity index (χ0v) is 50.9. The van der Waals surface area contributed by atoms with Crippen LogP contribution in [0.5, 0.6) is 11.5 Å². The SMILES string of the molecule is CC.CC.CC.CC.CC.CC.CC.[Y].[Y].[Y].[c-]1ccccc1C1c2[c-]ccc3c2C(c2cc4c(cc2O3)Sc2cc[c-]c3c2C4c2ccccc2C3c2[c-]cccc2)c2ccccc21. The normalized spacial score (nSPS) is 15.5. The average molecular weight is 1100 g/mol. The molecule has 5 heteroatoms. The Bertz CT molecular complexity index is 2280. The Hall–Kier alpha value is -2.00. The molecule has 0 saturated heterocycles. The zero-order valence-electron chi connectivity index (χ0n) is 41.6. The molecule has 2 aliphatic heterocycles. The zero-order chi connectivity index (χ0) is 45.3. The Morgan fingerprint density at radius 3 is 1.23 bits per heavy atom. The summed E-state index contributed by atoms with van der Waals surface area (Å²) in [5.74, 6) is 2.19. The van der Waals surface area contributed by atoms with E-state index < -0.39 is 0 Å². The van der Waals surface area contributed by atoms with Crippen molar-refractivity contribution in [1.29, 1.82) is 0 Å². The molecule has 2 aliphatic carbocycles. The summed E-state index contributed by atoms with van der Waals surface area (Å²) in [5.41, 5.74) is 15.3. The fourth-order valence-electron chi connectivity index (χ4n) is 8.89. The number of hydrogen-bond acceptors (Lipinski definition) is 2. The number of fused-ring (bicyclic) bond motifs is 8. The number of rotatable bonds is 2. The van der Waals surface area contributed by atoms with E-state index in [0.29, 0.717) is 0 Å². The van der Waals surface area contributed by atoms with Crippen molar-refractivity contribution < 1.29 is 103 Å². The van der Waals surface area contributed by atoms with Crippen LogP contribution in [0, 0.1) is 24.3 Å². The second kappa shape index (κ2) is 31.2. The van der Waals surface area contributed by atoms with Gasteiger partial charge in [0.05, 0.1) is 0 Å². The molecule has 4 unspecified atom stereocenters. The van der Waals surface area contributed by atoms with Crippen molar-refractivity contribution in [2.24, 2.45) is 0 Å². The average Bonchev–Trinajstić information content (AvgIpc) is 3.38. The van der Waals surface area contributed by atoms with E-state index in [2.05, 4.69) is 127 Å². The van der Waals surface area contributed by atoms with Crippen LogP contribution in [0.4, 0.5) is 0 Å². The maximum atomic E-state index is 6.87. The molecule has 11 rings (SSSR count). The Kier molecular flexibility index (Phi) is 29.3. The van der Waals surface area contributed by atoms with E-state index >= 15 is 0 Å². The summed E-state index contributed by atoms with van der Waals surface area (Å²) in [5, 5.41) is 0. The van der Waals surface area contributed by atoms with Gasteiger partial charge in [0.15, 0.2) is 0 Å². The quantitative estimate of drug-likeness (QED) is 0.160. The van der Waals surface area contributed by atoms with E-state index in [1.54, 1.807) is 0 Å². The number of benzene rings is 7. The molecular weight excluding hydrogens is 1040 g/mol. The second-order valence-corrected chi connectivity index (χ2v) is 14.2. The minimum atomic E-state index is 0. The van der Waals surface area contributed by atoms with Gasteiger partial charge in [-0.1, -0.05) is 162 Å². The van der Waals surface area contributed by atoms with E-state index in [-0.39, 0.29) is 122 Å². The molecule has 65 heavy (non-hydrogen) atoms. The van der Waals surface area contributed by atoms with Crippen LogP contribution >= 0.6 is 11.8 Å². The first-order chi connectivity index (χ1) is 30.8. The fourth-order valence-corrected chi connectivity index (χ4v) is 10.1. The van der Waals surface area contributed by atoms with Crippen molar-refractivity contribution in [2.45, 2.75) is 130 Å². The maximum absolute atomic E-state index is 6.87. The molecule has 7 aromatic rings. The van der Waals surface area contributed by atoms with Crippen LogP contribution in [0.15, 0.2) is 143 Å². The van der Waals surface area contributed by atoms with E-state index in [1.807, 2.05) is 139 Å². The topological polar surface area (TPSA) is 9.23 Å². The molecule has 7 aromatic carbocycles. The molecule has 0 fully saturated rings. The molecule has 0 bridgehead atoms. The molecule has 4 atom stereocenters. The second-order valence-electron chi connectivity index (χ2n) is 13.1. The van der Waals surface area contributed by atoms with Crippen LogP contribution in [-0.2, 0) is 98.1 Å². The Morgan fingerprint density at radius 1 is 0.354 bits per heavy atom. The van der Waals surface area contributed by atoms with Gasteiger partial charge in [0.2, 0.25) is 0 Å². The third-order valence-electron chi connectivity index (χ3n) is 10.7. The van der Waals surface area contributed by atoms with Crippen molar-refractivity contribution in [3.05, 3.63) is 224 Å². The first kappa shape index (κ1) is 61.0. The van der Waals surface area contributed by atoms with Crippen LogP contribution in [0.3, 0.4) is 0 Å². The van der Waals surface area contributed by atoms with Gasteiger partial charge in [-0.2, -0.15) is 102 Å². The molecule has 4 aliphatic rings. The van der Waals surface area contributed by atoms with Gasteiger partial charge < -0.3 is 4.74 Å². The summed E-state index contributed by atoms with van der Waals surface area (Å²) < 4.78 is 6.87. The van der Waals surface area contributed by atoms with E-state index in [9.17, 15) is 0 Å². The van der Waals surface area contributed by atoms with Gasteiger partial charge >= 0.3 is 0 Å². The Balaban J connectivity index is 0.00000114. The molecule has 3 radical (unpaired) electrons. The van der Waals surface area contributed by atoms with Gasteiger partial charge in [0, 0.05) is 109 Å². The largest absolute Gasteiger partial charge is 0.482 e. The summed E-state index contributed by atoms with van der Waals surface area (Å²) in [6.07, 6.45) is 0. The minimum absolute atomic E-state index is 0. The van der Waals surface area contributed by atoms with Gasteiger partial charge in [0.1, 0.15) is 5.75 Å². The van der Waals surface area contributed by atoms with Crippen molar-refractivity contribution in [3.63, 3.8) is 0 Å². The third-order valence-corrected chi connectivity index (χ3v) is 11.9.